The average molecular weight is 321 g/mol. The van der Waals surface area contributed by atoms with Crippen LogP contribution in [0.4, 0.5) is 0 Å². The highest BCUT2D eigenvalue weighted by molar-refractivity contribution is 7.16. The van der Waals surface area contributed by atoms with Crippen LogP contribution in [0.5, 0.6) is 0 Å². The number of nitrogens with zero attached hydrogens (tertiary/aromatic N) is 3. The van der Waals surface area contributed by atoms with Gasteiger partial charge in [0.1, 0.15) is 5.01 Å². The van der Waals surface area contributed by atoms with Crippen LogP contribution < -0.4 is 5.32 Å². The number of nitrogens with one attached hydrogen (secondary N) is 1. The predicted molar refractivity (Wildman–Crippen MR) is 82.6 cm³/mol. The van der Waals surface area contributed by atoms with E-state index in [9.17, 15) is 4.79 Å². The lowest BCUT2D eigenvalue weighted by Crippen LogP contribution is -2.24. The lowest BCUT2D eigenvalue weighted by molar-refractivity contribution is -0.120. The van der Waals surface area contributed by atoms with Crippen molar-refractivity contribution >= 4 is 33.8 Å². The Kier molecular flexibility index (Phi) is 3.90. The summed E-state index contributed by atoms with van der Waals surface area (Å²) in [5.41, 5.74) is 1.87. The summed E-state index contributed by atoms with van der Waals surface area (Å²) >= 11 is 7.29. The molecule has 3 rings (SSSR count). The summed E-state index contributed by atoms with van der Waals surface area (Å²) in [6.07, 6.45) is 2.20. The van der Waals surface area contributed by atoms with E-state index in [0.717, 1.165) is 21.2 Å². The second-order valence-corrected chi connectivity index (χ2v) is 6.16. The molecule has 1 N–H and O–H groups in total. The molecule has 1 aromatic carbocycles. The summed E-state index contributed by atoms with van der Waals surface area (Å²) in [5, 5.41) is 8.73. The van der Waals surface area contributed by atoms with E-state index in [4.69, 9.17) is 11.6 Å². The van der Waals surface area contributed by atoms with Crippen molar-refractivity contribution in [2.45, 2.75) is 19.9 Å². The van der Waals surface area contributed by atoms with Crippen molar-refractivity contribution in [1.82, 2.24) is 19.9 Å². The van der Waals surface area contributed by atoms with Crippen LogP contribution in [0, 0.1) is 6.92 Å². The van der Waals surface area contributed by atoms with Crippen molar-refractivity contribution in [3.8, 4) is 0 Å². The molecule has 2 heterocycles. The Bertz CT molecular complexity index is 746. The zero-order chi connectivity index (χ0) is 14.8. The summed E-state index contributed by atoms with van der Waals surface area (Å²) in [6.45, 7) is 2.34. The van der Waals surface area contributed by atoms with E-state index >= 15 is 0 Å². The number of aromatic nitrogens is 3. The quantitative estimate of drug-likeness (QED) is 0.804. The fourth-order valence-corrected chi connectivity index (χ4v) is 2.93. The lowest BCUT2D eigenvalue weighted by Gasteiger charge is -2.03. The molecule has 0 bridgehead atoms. The molecular formula is C14H13ClN4OS. The molecule has 7 heteroatoms. The molecule has 0 aliphatic rings. The molecule has 1 amide bonds. The van der Waals surface area contributed by atoms with Crippen LogP contribution >= 0.6 is 22.9 Å². The molecule has 0 spiro atoms. The molecule has 0 unspecified atom stereocenters. The second kappa shape index (κ2) is 5.83. The van der Waals surface area contributed by atoms with Gasteiger partial charge in [0.15, 0.2) is 0 Å². The van der Waals surface area contributed by atoms with Crippen LogP contribution in [0.3, 0.4) is 0 Å². The number of carbonyl (C=O) groups excluding carboxylic acids is 1. The summed E-state index contributed by atoms with van der Waals surface area (Å²) in [4.78, 5) is 17.1. The van der Waals surface area contributed by atoms with E-state index in [1.54, 1.807) is 16.6 Å². The number of carbonyl (C=O) groups is 1. The van der Waals surface area contributed by atoms with Gasteiger partial charge in [-0.15, -0.1) is 0 Å². The molecule has 21 heavy (non-hydrogen) atoms. The molecule has 0 saturated heterocycles. The number of hydrogen-bond donors (Lipinski definition) is 1. The van der Waals surface area contributed by atoms with Crippen LogP contribution in [0.25, 0.3) is 4.96 Å². The van der Waals surface area contributed by atoms with Gasteiger partial charge >= 0.3 is 0 Å². The Hall–Kier alpha value is -1.92. The number of rotatable bonds is 4. The first-order valence-corrected chi connectivity index (χ1v) is 7.62. The first-order valence-electron chi connectivity index (χ1n) is 6.43. The second-order valence-electron chi connectivity index (χ2n) is 4.69. The highest BCUT2D eigenvalue weighted by Crippen LogP contribution is 2.14. The molecule has 0 fully saturated rings. The van der Waals surface area contributed by atoms with Gasteiger partial charge in [0.05, 0.1) is 24.9 Å². The highest BCUT2D eigenvalue weighted by atomic mass is 35.5. The number of amides is 1. The Balaban J connectivity index is 1.57. The van der Waals surface area contributed by atoms with Gasteiger partial charge in [0.25, 0.3) is 0 Å². The maximum Gasteiger partial charge on any atom is 0.224 e. The van der Waals surface area contributed by atoms with Gasteiger partial charge in [-0.2, -0.15) is 5.10 Å². The van der Waals surface area contributed by atoms with Crippen molar-refractivity contribution in [2.24, 2.45) is 0 Å². The molecule has 0 atom stereocenters. The first kappa shape index (κ1) is 14.0. The zero-order valence-electron chi connectivity index (χ0n) is 11.3. The monoisotopic (exact) mass is 320 g/mol. The number of benzene rings is 1. The van der Waals surface area contributed by atoms with Crippen LogP contribution in [0.2, 0.25) is 5.02 Å². The normalized spacial score (nSPS) is 11.0. The Morgan fingerprint density at radius 1 is 1.38 bits per heavy atom. The zero-order valence-corrected chi connectivity index (χ0v) is 12.9. The van der Waals surface area contributed by atoms with Gasteiger partial charge in [-0.05, 0) is 24.6 Å². The van der Waals surface area contributed by atoms with E-state index in [0.29, 0.717) is 18.0 Å². The standard InChI is InChI=1S/C14H13ClN4OS/c1-9-8-19-14(17-9)21-13(18-19)7-16-12(20)6-10-2-4-11(15)5-3-10/h2-5,8H,6-7H2,1H3,(H,16,20). The van der Waals surface area contributed by atoms with Crippen molar-refractivity contribution in [3.63, 3.8) is 0 Å². The average Bonchev–Trinajstić information content (AvgIpc) is 2.96. The van der Waals surface area contributed by atoms with Crippen LogP contribution in [-0.2, 0) is 17.8 Å². The third kappa shape index (κ3) is 3.40. The fourth-order valence-electron chi connectivity index (χ4n) is 1.95. The maximum atomic E-state index is 11.9. The molecule has 5 nitrogen and oxygen atoms in total. The van der Waals surface area contributed by atoms with Crippen LogP contribution in [-0.4, -0.2) is 20.5 Å². The van der Waals surface area contributed by atoms with Crippen molar-refractivity contribution in [3.05, 3.63) is 51.7 Å². The highest BCUT2D eigenvalue weighted by Gasteiger charge is 2.08. The summed E-state index contributed by atoms with van der Waals surface area (Å²) in [5.74, 6) is -0.0404. The smallest absolute Gasteiger partial charge is 0.224 e. The summed E-state index contributed by atoms with van der Waals surface area (Å²) < 4.78 is 1.74. The summed E-state index contributed by atoms with van der Waals surface area (Å²) in [6, 6.07) is 7.26. The van der Waals surface area contributed by atoms with E-state index in [1.165, 1.54) is 11.3 Å². The van der Waals surface area contributed by atoms with E-state index < -0.39 is 0 Å². The van der Waals surface area contributed by atoms with Gasteiger partial charge in [-0.3, -0.25) is 4.79 Å². The number of imidazole rings is 1. The molecule has 108 valence electrons. The van der Waals surface area contributed by atoms with Crippen molar-refractivity contribution in [2.75, 3.05) is 0 Å². The third-order valence-electron chi connectivity index (χ3n) is 2.92. The number of hydrogen-bond acceptors (Lipinski definition) is 4. The number of fused-ring (bicyclic) bond motifs is 1. The lowest BCUT2D eigenvalue weighted by atomic mass is 10.1. The van der Waals surface area contributed by atoms with Gasteiger partial charge < -0.3 is 5.32 Å². The van der Waals surface area contributed by atoms with E-state index in [-0.39, 0.29) is 5.91 Å². The van der Waals surface area contributed by atoms with Gasteiger partial charge in [0, 0.05) is 5.02 Å². The van der Waals surface area contributed by atoms with E-state index in [1.807, 2.05) is 25.3 Å². The minimum atomic E-state index is -0.0404. The van der Waals surface area contributed by atoms with Gasteiger partial charge in [0.2, 0.25) is 10.9 Å². The SMILES string of the molecule is Cc1cn2nc(CNC(=O)Cc3ccc(Cl)cc3)sc2n1. The molecule has 0 saturated carbocycles. The van der Waals surface area contributed by atoms with Crippen LogP contribution in [0.1, 0.15) is 16.3 Å². The van der Waals surface area contributed by atoms with Crippen LogP contribution in [0.15, 0.2) is 30.5 Å². The minimum Gasteiger partial charge on any atom is -0.349 e. The first-order chi connectivity index (χ1) is 10.1. The molecule has 2 aromatic heterocycles. The molecule has 0 aliphatic carbocycles. The van der Waals surface area contributed by atoms with Gasteiger partial charge in [-0.1, -0.05) is 35.1 Å². The Morgan fingerprint density at radius 2 is 2.14 bits per heavy atom. The topological polar surface area (TPSA) is 59.3 Å². The minimum absolute atomic E-state index is 0.0404. The number of halogens is 1. The maximum absolute atomic E-state index is 11.9. The molecule has 0 radical (unpaired) electrons. The molecule has 3 aromatic rings. The summed E-state index contributed by atoms with van der Waals surface area (Å²) in [7, 11) is 0. The number of aryl methyl sites for hydroxylation is 1. The Labute approximate surface area is 130 Å². The fraction of sp³-hybridized carbons (Fsp3) is 0.214. The predicted octanol–water partition coefficient (Wildman–Crippen LogP) is 2.61. The Morgan fingerprint density at radius 3 is 2.86 bits per heavy atom. The van der Waals surface area contributed by atoms with Crippen molar-refractivity contribution in [1.29, 1.82) is 0 Å². The largest absolute Gasteiger partial charge is 0.349 e. The molecule has 0 aliphatic heterocycles. The molecular weight excluding hydrogens is 308 g/mol. The van der Waals surface area contributed by atoms with Gasteiger partial charge in [-0.25, -0.2) is 9.50 Å². The third-order valence-corrected chi connectivity index (χ3v) is 4.09. The van der Waals surface area contributed by atoms with E-state index in [2.05, 4.69) is 15.4 Å². The van der Waals surface area contributed by atoms with Crippen molar-refractivity contribution < 1.29 is 4.79 Å².